The third-order valence-electron chi connectivity index (χ3n) is 3.15. The van der Waals surface area contributed by atoms with E-state index < -0.39 is 0 Å². The number of nitrogens with one attached hydrogen (secondary N) is 2. The van der Waals surface area contributed by atoms with Crippen LogP contribution in [0.3, 0.4) is 0 Å². The highest BCUT2D eigenvalue weighted by Crippen LogP contribution is 2.12. The largest absolute Gasteiger partial charge is 0.347 e. The van der Waals surface area contributed by atoms with E-state index in [1.165, 1.54) is 6.08 Å². The first kappa shape index (κ1) is 14.2. The van der Waals surface area contributed by atoms with Crippen molar-refractivity contribution in [3.8, 4) is 0 Å². The molecule has 0 unspecified atom stereocenters. The number of nitrogens with zero attached hydrogens (tertiary/aromatic N) is 1. The molecule has 0 bridgehead atoms. The minimum atomic E-state index is -0.233. The van der Waals surface area contributed by atoms with Crippen LogP contribution in [0.25, 0.3) is 16.8 Å². The molecule has 0 radical (unpaired) electrons. The number of aromatic nitrogens is 2. The van der Waals surface area contributed by atoms with Gasteiger partial charge < -0.3 is 5.32 Å². The Hall–Kier alpha value is -2.73. The molecule has 3 rings (SSSR count). The van der Waals surface area contributed by atoms with Crippen molar-refractivity contribution in [3.05, 3.63) is 68.8 Å². The smallest absolute Gasteiger partial charge is 0.272 e. The number of H-pyrrole nitrogens is 1. The zero-order valence-electron chi connectivity index (χ0n) is 11.6. The molecule has 3 aromatic rings. The van der Waals surface area contributed by atoms with Crippen molar-refractivity contribution in [3.63, 3.8) is 0 Å². The third kappa shape index (κ3) is 3.12. The van der Waals surface area contributed by atoms with Crippen LogP contribution in [0.1, 0.15) is 10.6 Å². The molecule has 22 heavy (non-hydrogen) atoms. The molecule has 0 atom stereocenters. The van der Waals surface area contributed by atoms with Crippen LogP contribution >= 0.6 is 11.3 Å². The number of rotatable bonds is 4. The van der Waals surface area contributed by atoms with Crippen LogP contribution in [0.2, 0.25) is 0 Å². The van der Waals surface area contributed by atoms with Crippen LogP contribution in [-0.4, -0.2) is 16.1 Å². The molecular weight excluding hydrogens is 298 g/mol. The van der Waals surface area contributed by atoms with Gasteiger partial charge in [0.15, 0.2) is 0 Å². The second-order valence-electron chi connectivity index (χ2n) is 4.61. The van der Waals surface area contributed by atoms with Gasteiger partial charge in [0.1, 0.15) is 0 Å². The molecule has 0 aliphatic carbocycles. The number of amides is 1. The van der Waals surface area contributed by atoms with Gasteiger partial charge in [-0.3, -0.25) is 9.59 Å². The van der Waals surface area contributed by atoms with Crippen molar-refractivity contribution in [2.75, 3.05) is 0 Å². The first-order valence-corrected chi connectivity index (χ1v) is 7.58. The van der Waals surface area contributed by atoms with Gasteiger partial charge in [-0.2, -0.15) is 5.10 Å². The SMILES string of the molecule is O=C(/C=C\c1cccs1)NCc1n[nH]c(=O)c2ccccc12. The number of fused-ring (bicyclic) bond motifs is 1. The van der Waals surface area contributed by atoms with Gasteiger partial charge in [-0.05, 0) is 23.6 Å². The molecule has 6 heteroatoms. The Morgan fingerprint density at radius 1 is 1.23 bits per heavy atom. The number of hydrogen-bond donors (Lipinski definition) is 2. The number of hydrogen-bond acceptors (Lipinski definition) is 4. The summed E-state index contributed by atoms with van der Waals surface area (Å²) in [5.41, 5.74) is 0.399. The van der Waals surface area contributed by atoms with E-state index in [2.05, 4.69) is 15.5 Å². The van der Waals surface area contributed by atoms with Crippen molar-refractivity contribution in [1.82, 2.24) is 15.5 Å². The molecule has 1 amide bonds. The lowest BCUT2D eigenvalue weighted by atomic mass is 10.1. The molecule has 2 N–H and O–H groups in total. The first-order valence-electron chi connectivity index (χ1n) is 6.70. The van der Waals surface area contributed by atoms with Gasteiger partial charge in [0.2, 0.25) is 5.91 Å². The van der Waals surface area contributed by atoms with Gasteiger partial charge in [-0.25, -0.2) is 5.10 Å². The van der Waals surface area contributed by atoms with Gasteiger partial charge in [0.05, 0.1) is 17.6 Å². The lowest BCUT2D eigenvalue weighted by Crippen LogP contribution is -2.22. The highest BCUT2D eigenvalue weighted by molar-refractivity contribution is 7.10. The van der Waals surface area contributed by atoms with Crippen molar-refractivity contribution in [2.24, 2.45) is 0 Å². The van der Waals surface area contributed by atoms with E-state index >= 15 is 0 Å². The molecular formula is C16H13N3O2S. The predicted molar refractivity (Wildman–Crippen MR) is 87.6 cm³/mol. The van der Waals surface area contributed by atoms with Crippen molar-refractivity contribution >= 4 is 34.1 Å². The fourth-order valence-corrected chi connectivity index (χ4v) is 2.70. The summed E-state index contributed by atoms with van der Waals surface area (Å²) in [5.74, 6) is -0.203. The molecule has 0 saturated heterocycles. The summed E-state index contributed by atoms with van der Waals surface area (Å²) in [5, 5.41) is 12.5. The summed E-state index contributed by atoms with van der Waals surface area (Å²) in [6, 6.07) is 11.1. The molecule has 0 spiro atoms. The first-order chi connectivity index (χ1) is 10.7. The molecule has 0 fully saturated rings. The summed E-state index contributed by atoms with van der Waals surface area (Å²) < 4.78 is 0. The summed E-state index contributed by atoms with van der Waals surface area (Å²) in [4.78, 5) is 24.5. The maximum Gasteiger partial charge on any atom is 0.272 e. The Balaban J connectivity index is 1.73. The van der Waals surface area contributed by atoms with Crippen molar-refractivity contribution < 1.29 is 4.79 Å². The third-order valence-corrected chi connectivity index (χ3v) is 3.98. The van der Waals surface area contributed by atoms with E-state index in [1.807, 2.05) is 29.6 Å². The van der Waals surface area contributed by atoms with Gasteiger partial charge >= 0.3 is 0 Å². The van der Waals surface area contributed by atoms with Gasteiger partial charge in [-0.15, -0.1) is 11.3 Å². The molecule has 2 aromatic heterocycles. The van der Waals surface area contributed by atoms with Crippen molar-refractivity contribution in [2.45, 2.75) is 6.54 Å². The normalized spacial score (nSPS) is 11.1. The van der Waals surface area contributed by atoms with E-state index in [0.717, 1.165) is 10.3 Å². The second-order valence-corrected chi connectivity index (χ2v) is 5.59. The minimum absolute atomic E-state index is 0.203. The summed E-state index contributed by atoms with van der Waals surface area (Å²) in [7, 11) is 0. The Kier molecular flexibility index (Phi) is 4.11. The average Bonchev–Trinajstić information content (AvgIpc) is 3.06. The number of aromatic amines is 1. The van der Waals surface area contributed by atoms with Crippen LogP contribution in [-0.2, 0) is 11.3 Å². The van der Waals surface area contributed by atoms with Gasteiger partial charge in [0, 0.05) is 16.3 Å². The zero-order valence-corrected chi connectivity index (χ0v) is 12.4. The average molecular weight is 311 g/mol. The molecule has 2 heterocycles. The Morgan fingerprint density at radius 3 is 2.82 bits per heavy atom. The van der Waals surface area contributed by atoms with Crippen LogP contribution in [0, 0.1) is 0 Å². The van der Waals surface area contributed by atoms with Gasteiger partial charge in [-0.1, -0.05) is 24.3 Å². The number of carbonyl (C=O) groups excluding carboxylic acids is 1. The Morgan fingerprint density at radius 2 is 2.05 bits per heavy atom. The number of carbonyl (C=O) groups is 1. The zero-order chi connectivity index (χ0) is 15.4. The van der Waals surface area contributed by atoms with E-state index in [0.29, 0.717) is 11.1 Å². The quantitative estimate of drug-likeness (QED) is 0.726. The van der Waals surface area contributed by atoms with Gasteiger partial charge in [0.25, 0.3) is 5.56 Å². The van der Waals surface area contributed by atoms with E-state index in [9.17, 15) is 9.59 Å². The topological polar surface area (TPSA) is 74.8 Å². The van der Waals surface area contributed by atoms with Crippen LogP contribution in [0.5, 0.6) is 0 Å². The lowest BCUT2D eigenvalue weighted by molar-refractivity contribution is -0.116. The molecule has 1 aromatic carbocycles. The molecule has 5 nitrogen and oxygen atoms in total. The maximum atomic E-state index is 11.8. The second kappa shape index (κ2) is 6.36. The molecule has 0 saturated carbocycles. The van der Waals surface area contributed by atoms with E-state index in [4.69, 9.17) is 0 Å². The van der Waals surface area contributed by atoms with Crippen LogP contribution < -0.4 is 10.9 Å². The van der Waals surface area contributed by atoms with Crippen LogP contribution in [0.4, 0.5) is 0 Å². The maximum absolute atomic E-state index is 11.8. The van der Waals surface area contributed by atoms with E-state index in [-0.39, 0.29) is 18.0 Å². The van der Waals surface area contributed by atoms with Crippen LogP contribution in [0.15, 0.2) is 52.6 Å². The molecule has 0 aliphatic rings. The Bertz CT molecular complexity index is 882. The van der Waals surface area contributed by atoms with Crippen molar-refractivity contribution in [1.29, 1.82) is 0 Å². The predicted octanol–water partition coefficient (Wildman–Crippen LogP) is 2.31. The van der Waals surface area contributed by atoms with E-state index in [1.54, 1.807) is 29.5 Å². The summed E-state index contributed by atoms with van der Waals surface area (Å²) in [6.45, 7) is 0.255. The lowest BCUT2D eigenvalue weighted by Gasteiger charge is -2.05. The fourth-order valence-electron chi connectivity index (χ4n) is 2.08. The highest BCUT2D eigenvalue weighted by atomic mass is 32.1. The summed E-state index contributed by atoms with van der Waals surface area (Å²) in [6.07, 6.45) is 3.25. The number of thiophene rings is 1. The fraction of sp³-hybridized carbons (Fsp3) is 0.0625. The standard InChI is InChI=1S/C16H13N3O2S/c20-15(8-7-11-4-3-9-22-11)17-10-14-12-5-1-2-6-13(12)16(21)19-18-14/h1-9H,10H2,(H,17,20)(H,19,21)/b8-7-. The molecule has 110 valence electrons. The Labute approximate surface area is 130 Å². The summed E-state index contributed by atoms with van der Waals surface area (Å²) >= 11 is 1.56. The monoisotopic (exact) mass is 311 g/mol. The minimum Gasteiger partial charge on any atom is -0.347 e. The highest BCUT2D eigenvalue weighted by Gasteiger charge is 2.06. The molecule has 0 aliphatic heterocycles. The number of benzene rings is 1.